The molecule has 33 heavy (non-hydrogen) atoms. The van der Waals surface area contributed by atoms with E-state index in [0.29, 0.717) is 50.3 Å². The molecule has 0 bridgehead atoms. The van der Waals surface area contributed by atoms with E-state index in [4.69, 9.17) is 4.74 Å². The highest BCUT2D eigenvalue weighted by Gasteiger charge is 2.50. The van der Waals surface area contributed by atoms with Gasteiger partial charge in [0.05, 0.1) is 6.10 Å². The lowest BCUT2D eigenvalue weighted by Gasteiger charge is -2.35. The minimum Gasteiger partial charge on any atom is -0.447 e. The molecule has 0 unspecified atom stereocenters. The molecular formula is C25H29N3O5. The molecule has 3 amide bonds. The second-order valence-corrected chi connectivity index (χ2v) is 8.85. The van der Waals surface area contributed by atoms with Crippen LogP contribution >= 0.6 is 0 Å². The first-order valence-corrected chi connectivity index (χ1v) is 11.2. The number of carbonyl (C=O) groups is 3. The van der Waals surface area contributed by atoms with Gasteiger partial charge in [-0.05, 0) is 62.1 Å². The van der Waals surface area contributed by atoms with E-state index < -0.39 is 11.7 Å². The third-order valence-corrected chi connectivity index (χ3v) is 5.89. The van der Waals surface area contributed by atoms with Gasteiger partial charge in [-0.25, -0.2) is 4.79 Å². The number of aliphatic hydroxyl groups is 1. The summed E-state index contributed by atoms with van der Waals surface area (Å²) in [6.45, 7) is 5.34. The maximum Gasteiger partial charge on any atom is 0.411 e. The van der Waals surface area contributed by atoms with Crippen molar-refractivity contribution in [3.8, 4) is 11.1 Å². The number of rotatable bonds is 5. The zero-order valence-electron chi connectivity index (χ0n) is 18.9. The first-order valence-electron chi connectivity index (χ1n) is 11.2. The summed E-state index contributed by atoms with van der Waals surface area (Å²) in [5, 5.41) is 12.7. The Morgan fingerprint density at radius 1 is 0.939 bits per heavy atom. The van der Waals surface area contributed by atoms with Crippen molar-refractivity contribution in [1.82, 2.24) is 9.80 Å². The molecule has 4 rings (SSSR count). The maximum atomic E-state index is 12.9. The lowest BCUT2D eigenvalue weighted by Crippen LogP contribution is -2.53. The van der Waals surface area contributed by atoms with Crippen LogP contribution in [0.3, 0.4) is 0 Å². The summed E-state index contributed by atoms with van der Waals surface area (Å²) in [5.41, 5.74) is 1.86. The smallest absolute Gasteiger partial charge is 0.411 e. The summed E-state index contributed by atoms with van der Waals surface area (Å²) in [7, 11) is 0. The van der Waals surface area contributed by atoms with Crippen LogP contribution in [0.25, 0.3) is 11.1 Å². The molecule has 2 aromatic carbocycles. The van der Waals surface area contributed by atoms with Crippen molar-refractivity contribution in [3.05, 3.63) is 54.1 Å². The molecule has 2 fully saturated rings. The predicted octanol–water partition coefficient (Wildman–Crippen LogP) is 3.12. The highest BCUT2D eigenvalue weighted by atomic mass is 16.6. The molecule has 174 valence electrons. The summed E-state index contributed by atoms with van der Waals surface area (Å²) < 4.78 is 5.11. The van der Waals surface area contributed by atoms with Crippen LogP contribution in [0, 0.1) is 0 Å². The lowest BCUT2D eigenvalue weighted by atomic mass is 10.0. The summed E-state index contributed by atoms with van der Waals surface area (Å²) >= 11 is 0. The van der Waals surface area contributed by atoms with Crippen molar-refractivity contribution in [2.45, 2.75) is 38.4 Å². The third-order valence-electron chi connectivity index (χ3n) is 5.89. The van der Waals surface area contributed by atoms with Crippen LogP contribution in [0.15, 0.2) is 48.5 Å². The number of hydrogen-bond acceptors (Lipinski definition) is 5. The van der Waals surface area contributed by atoms with Gasteiger partial charge in [0.15, 0.2) is 0 Å². The van der Waals surface area contributed by atoms with Crippen molar-refractivity contribution in [1.29, 1.82) is 0 Å². The van der Waals surface area contributed by atoms with E-state index in [1.54, 1.807) is 41.8 Å². The average Bonchev–Trinajstić information content (AvgIpc) is 3.56. The average molecular weight is 452 g/mol. The number of amides is 3. The van der Waals surface area contributed by atoms with Gasteiger partial charge in [0, 0.05) is 37.4 Å². The zero-order chi connectivity index (χ0) is 23.6. The van der Waals surface area contributed by atoms with Crippen LogP contribution < -0.4 is 5.32 Å². The van der Waals surface area contributed by atoms with E-state index in [1.165, 1.54) is 0 Å². The van der Waals surface area contributed by atoms with E-state index in [1.807, 2.05) is 30.3 Å². The van der Waals surface area contributed by atoms with Crippen LogP contribution in [-0.2, 0) is 9.53 Å². The lowest BCUT2D eigenvalue weighted by molar-refractivity contribution is -0.143. The number of benzene rings is 2. The van der Waals surface area contributed by atoms with E-state index in [-0.39, 0.29) is 17.9 Å². The first-order chi connectivity index (χ1) is 15.7. The van der Waals surface area contributed by atoms with Gasteiger partial charge >= 0.3 is 6.09 Å². The molecule has 0 spiro atoms. The van der Waals surface area contributed by atoms with Gasteiger partial charge in [-0.1, -0.05) is 24.3 Å². The minimum atomic E-state index is -1.16. The Morgan fingerprint density at radius 2 is 1.58 bits per heavy atom. The van der Waals surface area contributed by atoms with Crippen molar-refractivity contribution in [2.24, 2.45) is 0 Å². The number of ether oxygens (including phenoxy) is 1. The molecule has 0 aromatic heterocycles. The fraction of sp³-hybridized carbons (Fsp3) is 0.400. The molecule has 8 nitrogen and oxygen atoms in total. The standard InChI is InChI=1S/C25H29N3O5/c1-17(2)33-24(31)26-21-5-3-4-20(16-21)18-6-8-19(9-7-18)22(29)27-12-14-28(15-13-27)23(30)25(32)10-11-25/h3-9,16-17,32H,10-15H2,1-2H3,(H,26,31). The molecule has 1 aliphatic heterocycles. The molecule has 0 atom stereocenters. The van der Waals surface area contributed by atoms with Gasteiger partial charge < -0.3 is 19.6 Å². The van der Waals surface area contributed by atoms with Crippen molar-refractivity contribution < 1.29 is 24.2 Å². The first kappa shape index (κ1) is 22.8. The Balaban J connectivity index is 1.36. The van der Waals surface area contributed by atoms with Gasteiger partial charge in [-0.2, -0.15) is 0 Å². The molecule has 1 saturated carbocycles. The monoisotopic (exact) mass is 451 g/mol. The highest BCUT2D eigenvalue weighted by Crippen LogP contribution is 2.37. The summed E-state index contributed by atoms with van der Waals surface area (Å²) in [6.07, 6.45) is 0.346. The van der Waals surface area contributed by atoms with Crippen molar-refractivity contribution in [3.63, 3.8) is 0 Å². The van der Waals surface area contributed by atoms with Crippen LogP contribution in [0.1, 0.15) is 37.0 Å². The molecule has 1 aliphatic carbocycles. The Morgan fingerprint density at radius 3 is 2.18 bits per heavy atom. The molecule has 2 aliphatic rings. The number of carbonyl (C=O) groups excluding carboxylic acids is 3. The second kappa shape index (κ2) is 9.23. The number of nitrogens with zero attached hydrogens (tertiary/aromatic N) is 2. The summed E-state index contributed by atoms with van der Waals surface area (Å²) in [6, 6.07) is 14.7. The third kappa shape index (κ3) is 5.34. The molecule has 1 heterocycles. The van der Waals surface area contributed by atoms with Gasteiger partial charge in [0.1, 0.15) is 5.60 Å². The Bertz CT molecular complexity index is 1040. The maximum absolute atomic E-state index is 12.9. The SMILES string of the molecule is CC(C)OC(=O)Nc1cccc(-c2ccc(C(=O)N3CCN(C(=O)C4(O)CC4)CC3)cc2)c1. The second-order valence-electron chi connectivity index (χ2n) is 8.85. The topological polar surface area (TPSA) is 99.2 Å². The molecule has 1 saturated heterocycles. The van der Waals surface area contributed by atoms with E-state index in [9.17, 15) is 19.5 Å². The number of anilines is 1. The van der Waals surface area contributed by atoms with Crippen LogP contribution in [-0.4, -0.2) is 70.7 Å². The fourth-order valence-corrected chi connectivity index (χ4v) is 3.86. The van der Waals surface area contributed by atoms with Gasteiger partial charge in [-0.15, -0.1) is 0 Å². The molecule has 8 heteroatoms. The predicted molar refractivity (Wildman–Crippen MR) is 124 cm³/mol. The van der Waals surface area contributed by atoms with Crippen LogP contribution in [0.4, 0.5) is 10.5 Å². The number of piperazine rings is 1. The normalized spacial score (nSPS) is 17.0. The van der Waals surface area contributed by atoms with E-state index in [2.05, 4.69) is 5.32 Å². The Kier molecular flexibility index (Phi) is 6.37. The van der Waals surface area contributed by atoms with Crippen molar-refractivity contribution >= 4 is 23.6 Å². The Hall–Kier alpha value is -3.39. The quantitative estimate of drug-likeness (QED) is 0.728. The zero-order valence-corrected chi connectivity index (χ0v) is 18.9. The summed E-state index contributed by atoms with van der Waals surface area (Å²) in [4.78, 5) is 40.4. The van der Waals surface area contributed by atoms with Crippen molar-refractivity contribution in [2.75, 3.05) is 31.5 Å². The van der Waals surface area contributed by atoms with Gasteiger partial charge in [0.2, 0.25) is 0 Å². The number of hydrogen-bond donors (Lipinski definition) is 2. The van der Waals surface area contributed by atoms with E-state index in [0.717, 1.165) is 11.1 Å². The van der Waals surface area contributed by atoms with Gasteiger partial charge in [-0.3, -0.25) is 14.9 Å². The summed E-state index contributed by atoms with van der Waals surface area (Å²) in [5.74, 6) is -0.293. The Labute approximate surface area is 193 Å². The van der Waals surface area contributed by atoms with Crippen LogP contribution in [0.5, 0.6) is 0 Å². The molecular weight excluding hydrogens is 422 g/mol. The van der Waals surface area contributed by atoms with Crippen LogP contribution in [0.2, 0.25) is 0 Å². The number of nitrogens with one attached hydrogen (secondary N) is 1. The van der Waals surface area contributed by atoms with Gasteiger partial charge in [0.25, 0.3) is 11.8 Å². The molecule has 2 N–H and O–H groups in total. The molecule has 0 radical (unpaired) electrons. The molecule has 2 aromatic rings. The fourth-order valence-electron chi connectivity index (χ4n) is 3.86. The minimum absolute atomic E-state index is 0.0781. The van der Waals surface area contributed by atoms with E-state index >= 15 is 0 Å². The highest BCUT2D eigenvalue weighted by molar-refractivity contribution is 5.95. The largest absolute Gasteiger partial charge is 0.447 e.